The van der Waals surface area contributed by atoms with E-state index in [1.807, 2.05) is 12.1 Å². The van der Waals surface area contributed by atoms with Crippen LogP contribution in [0.4, 0.5) is 8.78 Å². The molecule has 2 rings (SSSR count). The smallest absolute Gasteiger partial charge is 0.387 e. The van der Waals surface area contributed by atoms with Gasteiger partial charge in [0.15, 0.2) is 0 Å². The number of rotatable bonds is 6. The fourth-order valence-electron chi connectivity index (χ4n) is 3.04. The molecule has 1 fully saturated rings. The van der Waals surface area contributed by atoms with Crippen LogP contribution in [0.15, 0.2) is 24.3 Å². The summed E-state index contributed by atoms with van der Waals surface area (Å²) >= 11 is 0. The molecule has 0 radical (unpaired) electrons. The summed E-state index contributed by atoms with van der Waals surface area (Å²) in [6.45, 7) is 2.64. The normalized spacial score (nSPS) is 22.8. The van der Waals surface area contributed by atoms with Crippen LogP contribution in [0.2, 0.25) is 0 Å². The van der Waals surface area contributed by atoms with Gasteiger partial charge in [0.2, 0.25) is 0 Å². The van der Waals surface area contributed by atoms with Gasteiger partial charge in [-0.2, -0.15) is 8.78 Å². The van der Waals surface area contributed by atoms with E-state index in [-0.39, 0.29) is 5.75 Å². The van der Waals surface area contributed by atoms with Crippen LogP contribution in [0.25, 0.3) is 0 Å². The Bertz CT molecular complexity index is 411. The zero-order valence-corrected chi connectivity index (χ0v) is 12.8. The Morgan fingerprint density at radius 3 is 2.24 bits per heavy atom. The van der Waals surface area contributed by atoms with Crippen molar-refractivity contribution in [1.29, 1.82) is 0 Å². The monoisotopic (exact) mass is 297 g/mol. The highest BCUT2D eigenvalue weighted by atomic mass is 19.3. The van der Waals surface area contributed by atoms with Crippen molar-refractivity contribution in [3.8, 4) is 5.75 Å². The zero-order valence-electron chi connectivity index (χ0n) is 12.8. The van der Waals surface area contributed by atoms with Crippen molar-refractivity contribution in [1.82, 2.24) is 5.32 Å². The molecule has 0 amide bonds. The standard InChI is InChI=1S/C17H25F2NO/c1-12(2)14-5-7-15(8-6-14)20-11-13-3-9-16(10-4-13)21-17(18)19/h3-4,9-10,12,14-15,17,20H,5-8,11H2,1-2H3. The Hall–Kier alpha value is -1.16. The maximum Gasteiger partial charge on any atom is 0.387 e. The molecule has 0 aromatic heterocycles. The molecule has 0 saturated heterocycles. The summed E-state index contributed by atoms with van der Waals surface area (Å²) in [7, 11) is 0. The van der Waals surface area contributed by atoms with Gasteiger partial charge in [-0.05, 0) is 55.2 Å². The molecule has 1 saturated carbocycles. The van der Waals surface area contributed by atoms with Crippen molar-refractivity contribution in [3.63, 3.8) is 0 Å². The average Bonchev–Trinajstić information content (AvgIpc) is 2.46. The fraction of sp³-hybridized carbons (Fsp3) is 0.647. The summed E-state index contributed by atoms with van der Waals surface area (Å²) < 4.78 is 28.5. The van der Waals surface area contributed by atoms with Crippen molar-refractivity contribution < 1.29 is 13.5 Å². The number of nitrogens with one attached hydrogen (secondary N) is 1. The molecule has 0 bridgehead atoms. The molecule has 118 valence electrons. The molecule has 2 nitrogen and oxygen atoms in total. The Balaban J connectivity index is 1.74. The molecule has 1 N–H and O–H groups in total. The van der Waals surface area contributed by atoms with Crippen molar-refractivity contribution >= 4 is 0 Å². The Kier molecular flexibility index (Phi) is 5.97. The van der Waals surface area contributed by atoms with Crippen LogP contribution < -0.4 is 10.1 Å². The van der Waals surface area contributed by atoms with Crippen LogP contribution in [0.3, 0.4) is 0 Å². The number of alkyl halides is 2. The molecule has 0 atom stereocenters. The molecule has 1 aromatic carbocycles. The SMILES string of the molecule is CC(C)C1CCC(NCc2ccc(OC(F)F)cc2)CC1. The van der Waals surface area contributed by atoms with Gasteiger partial charge in [-0.15, -0.1) is 0 Å². The summed E-state index contributed by atoms with van der Waals surface area (Å²) in [6.07, 6.45) is 5.07. The summed E-state index contributed by atoms with van der Waals surface area (Å²) in [5.74, 6) is 1.87. The van der Waals surface area contributed by atoms with Gasteiger partial charge in [0.1, 0.15) is 5.75 Å². The topological polar surface area (TPSA) is 21.3 Å². The summed E-state index contributed by atoms with van der Waals surface area (Å²) in [4.78, 5) is 0. The molecule has 1 aromatic rings. The van der Waals surface area contributed by atoms with Gasteiger partial charge in [0.25, 0.3) is 0 Å². The van der Waals surface area contributed by atoms with Gasteiger partial charge in [-0.1, -0.05) is 26.0 Å². The second-order valence-corrected chi connectivity index (χ2v) is 6.26. The third-order valence-corrected chi connectivity index (χ3v) is 4.46. The van der Waals surface area contributed by atoms with Gasteiger partial charge >= 0.3 is 6.61 Å². The maximum absolute atomic E-state index is 12.1. The highest BCUT2D eigenvalue weighted by molar-refractivity contribution is 5.27. The zero-order chi connectivity index (χ0) is 15.2. The molecule has 1 aliphatic carbocycles. The Labute approximate surface area is 125 Å². The fourth-order valence-corrected chi connectivity index (χ4v) is 3.04. The Morgan fingerprint density at radius 1 is 1.10 bits per heavy atom. The first kappa shape index (κ1) is 16.2. The third-order valence-electron chi connectivity index (χ3n) is 4.46. The van der Waals surface area contributed by atoms with Crippen LogP contribution >= 0.6 is 0 Å². The average molecular weight is 297 g/mol. The molecule has 0 unspecified atom stereocenters. The lowest BCUT2D eigenvalue weighted by atomic mass is 9.80. The van der Waals surface area contributed by atoms with E-state index >= 15 is 0 Å². The lowest BCUT2D eigenvalue weighted by Crippen LogP contribution is -2.33. The van der Waals surface area contributed by atoms with Crippen LogP contribution in [0.5, 0.6) is 5.75 Å². The van der Waals surface area contributed by atoms with Crippen LogP contribution in [-0.2, 0) is 6.54 Å². The highest BCUT2D eigenvalue weighted by Crippen LogP contribution is 2.30. The molecule has 21 heavy (non-hydrogen) atoms. The van der Waals surface area contributed by atoms with E-state index in [4.69, 9.17) is 0 Å². The summed E-state index contributed by atoms with van der Waals surface area (Å²) in [6, 6.07) is 7.45. The van der Waals surface area contributed by atoms with E-state index < -0.39 is 6.61 Å². The minimum Gasteiger partial charge on any atom is -0.435 e. The molecular formula is C17H25F2NO. The van der Waals surface area contributed by atoms with Gasteiger partial charge in [0.05, 0.1) is 0 Å². The lowest BCUT2D eigenvalue weighted by molar-refractivity contribution is -0.0498. The predicted molar refractivity (Wildman–Crippen MR) is 80.5 cm³/mol. The highest BCUT2D eigenvalue weighted by Gasteiger charge is 2.22. The van der Waals surface area contributed by atoms with E-state index in [1.165, 1.54) is 25.7 Å². The van der Waals surface area contributed by atoms with Crippen molar-refractivity contribution in [2.75, 3.05) is 0 Å². The van der Waals surface area contributed by atoms with Gasteiger partial charge in [-0.3, -0.25) is 0 Å². The molecular weight excluding hydrogens is 272 g/mol. The van der Waals surface area contributed by atoms with Crippen LogP contribution in [0, 0.1) is 11.8 Å². The van der Waals surface area contributed by atoms with Crippen molar-refractivity contribution in [2.24, 2.45) is 11.8 Å². The van der Waals surface area contributed by atoms with Gasteiger partial charge in [0, 0.05) is 12.6 Å². The number of halogens is 2. The first-order chi connectivity index (χ1) is 10.0. The van der Waals surface area contributed by atoms with E-state index in [0.717, 1.165) is 23.9 Å². The van der Waals surface area contributed by atoms with E-state index in [1.54, 1.807) is 12.1 Å². The van der Waals surface area contributed by atoms with Gasteiger partial charge < -0.3 is 10.1 Å². The van der Waals surface area contributed by atoms with E-state index in [0.29, 0.717) is 6.04 Å². The molecule has 0 spiro atoms. The maximum atomic E-state index is 12.1. The number of ether oxygens (including phenoxy) is 1. The Morgan fingerprint density at radius 2 is 1.71 bits per heavy atom. The molecule has 0 heterocycles. The predicted octanol–water partition coefficient (Wildman–Crippen LogP) is 4.59. The van der Waals surface area contributed by atoms with Crippen molar-refractivity contribution in [2.45, 2.75) is 58.7 Å². The summed E-state index contributed by atoms with van der Waals surface area (Å²) in [5.41, 5.74) is 1.10. The lowest BCUT2D eigenvalue weighted by Gasteiger charge is -2.31. The van der Waals surface area contributed by atoms with Crippen LogP contribution in [-0.4, -0.2) is 12.7 Å². The van der Waals surface area contributed by atoms with E-state index in [9.17, 15) is 8.78 Å². The number of benzene rings is 1. The molecule has 0 aliphatic heterocycles. The third kappa shape index (κ3) is 5.27. The molecule has 4 heteroatoms. The largest absolute Gasteiger partial charge is 0.435 e. The minimum absolute atomic E-state index is 0.214. The first-order valence-corrected chi connectivity index (χ1v) is 7.81. The number of hydrogen-bond donors (Lipinski definition) is 1. The van der Waals surface area contributed by atoms with E-state index in [2.05, 4.69) is 23.9 Å². The minimum atomic E-state index is -2.76. The molecule has 1 aliphatic rings. The quantitative estimate of drug-likeness (QED) is 0.829. The second-order valence-electron chi connectivity index (χ2n) is 6.26. The van der Waals surface area contributed by atoms with Crippen molar-refractivity contribution in [3.05, 3.63) is 29.8 Å². The van der Waals surface area contributed by atoms with Gasteiger partial charge in [-0.25, -0.2) is 0 Å². The number of hydrogen-bond acceptors (Lipinski definition) is 2. The second kappa shape index (κ2) is 7.74. The van der Waals surface area contributed by atoms with Crippen LogP contribution in [0.1, 0.15) is 45.1 Å². The summed E-state index contributed by atoms with van der Waals surface area (Å²) in [5, 5.41) is 3.57. The first-order valence-electron chi connectivity index (χ1n) is 7.81.